The Morgan fingerprint density at radius 1 is 1.32 bits per heavy atom. The van der Waals surface area contributed by atoms with Gasteiger partial charge in [-0.2, -0.15) is 0 Å². The third-order valence-corrected chi connectivity index (χ3v) is 3.74. The summed E-state index contributed by atoms with van der Waals surface area (Å²) in [6.07, 6.45) is 3.96. The Morgan fingerprint density at radius 3 is 3.18 bits per heavy atom. The van der Waals surface area contributed by atoms with Crippen molar-refractivity contribution in [2.24, 2.45) is 0 Å². The molecule has 0 spiro atoms. The molecule has 0 amide bonds. The van der Waals surface area contributed by atoms with E-state index in [0.717, 1.165) is 34.8 Å². The molecule has 7 nitrogen and oxygen atoms in total. The van der Waals surface area contributed by atoms with E-state index in [1.54, 1.807) is 13.4 Å². The largest absolute Gasteiger partial charge is 0.493 e. The first-order chi connectivity index (χ1) is 10.8. The van der Waals surface area contributed by atoms with Gasteiger partial charge in [-0.05, 0) is 12.5 Å². The SMILES string of the molecule is COc1cccc2c1OCC(Nc1ncnc3nc[nH]c13)C2. The molecule has 1 aromatic carbocycles. The number of hydrogen-bond donors (Lipinski definition) is 2. The maximum Gasteiger partial charge on any atom is 0.182 e. The Labute approximate surface area is 126 Å². The second-order valence-corrected chi connectivity index (χ2v) is 5.13. The highest BCUT2D eigenvalue weighted by Gasteiger charge is 2.23. The predicted molar refractivity (Wildman–Crippen MR) is 81.3 cm³/mol. The van der Waals surface area contributed by atoms with Gasteiger partial charge in [-0.1, -0.05) is 12.1 Å². The molecular formula is C15H15N5O2. The molecule has 1 aliphatic heterocycles. The van der Waals surface area contributed by atoms with Gasteiger partial charge in [-0.3, -0.25) is 0 Å². The summed E-state index contributed by atoms with van der Waals surface area (Å²) < 4.78 is 11.2. The van der Waals surface area contributed by atoms with E-state index >= 15 is 0 Å². The summed E-state index contributed by atoms with van der Waals surface area (Å²) in [6.45, 7) is 0.549. The van der Waals surface area contributed by atoms with Gasteiger partial charge < -0.3 is 19.8 Å². The van der Waals surface area contributed by atoms with Gasteiger partial charge in [0.05, 0.1) is 19.5 Å². The van der Waals surface area contributed by atoms with Gasteiger partial charge >= 0.3 is 0 Å². The zero-order valence-electron chi connectivity index (χ0n) is 12.0. The first-order valence-corrected chi connectivity index (χ1v) is 7.04. The number of nitrogens with one attached hydrogen (secondary N) is 2. The van der Waals surface area contributed by atoms with Crippen molar-refractivity contribution in [3.05, 3.63) is 36.4 Å². The Kier molecular flexibility index (Phi) is 3.03. The number of hydrogen-bond acceptors (Lipinski definition) is 6. The van der Waals surface area contributed by atoms with Gasteiger partial charge in [0, 0.05) is 5.56 Å². The van der Waals surface area contributed by atoms with Crippen molar-refractivity contribution >= 4 is 17.0 Å². The minimum Gasteiger partial charge on any atom is -0.493 e. The predicted octanol–water partition coefficient (Wildman–Crippen LogP) is 1.78. The molecule has 0 radical (unpaired) electrons. The summed E-state index contributed by atoms with van der Waals surface area (Å²) in [4.78, 5) is 15.6. The van der Waals surface area contributed by atoms with E-state index in [1.165, 1.54) is 6.33 Å². The summed E-state index contributed by atoms with van der Waals surface area (Å²) in [5.41, 5.74) is 2.58. The monoisotopic (exact) mass is 297 g/mol. The number of nitrogens with zero attached hydrogens (tertiary/aromatic N) is 3. The molecule has 4 rings (SSSR count). The van der Waals surface area contributed by atoms with Crippen LogP contribution in [0.2, 0.25) is 0 Å². The normalized spacial score (nSPS) is 16.9. The maximum absolute atomic E-state index is 5.87. The molecule has 1 atom stereocenters. The number of fused-ring (bicyclic) bond motifs is 2. The van der Waals surface area contributed by atoms with E-state index in [4.69, 9.17) is 9.47 Å². The lowest BCUT2D eigenvalue weighted by molar-refractivity contribution is 0.256. The average Bonchev–Trinajstić information content (AvgIpc) is 3.04. The van der Waals surface area contributed by atoms with Gasteiger partial charge in [0.1, 0.15) is 18.5 Å². The topological polar surface area (TPSA) is 84.9 Å². The molecule has 0 aliphatic carbocycles. The number of benzene rings is 1. The van der Waals surface area contributed by atoms with E-state index in [9.17, 15) is 0 Å². The Bertz CT molecular complexity index is 817. The standard InChI is InChI=1S/C15H15N5O2/c1-21-11-4-2-3-9-5-10(6-22-13(9)11)20-15-12-14(17-7-16-12)18-8-19-15/h2-4,7-8,10H,5-6H2,1H3,(H2,16,17,18,19,20). The molecule has 1 aliphatic rings. The Hall–Kier alpha value is -2.83. The van der Waals surface area contributed by atoms with Gasteiger partial charge in [0.15, 0.2) is 23.0 Å². The molecule has 0 fully saturated rings. The van der Waals surface area contributed by atoms with Crippen LogP contribution in [0.15, 0.2) is 30.9 Å². The van der Waals surface area contributed by atoms with Gasteiger partial charge in [-0.15, -0.1) is 0 Å². The number of methoxy groups -OCH3 is 1. The van der Waals surface area contributed by atoms with Crippen LogP contribution in [0.1, 0.15) is 5.56 Å². The minimum absolute atomic E-state index is 0.126. The highest BCUT2D eigenvalue weighted by molar-refractivity contribution is 5.82. The Balaban J connectivity index is 1.59. The lowest BCUT2D eigenvalue weighted by atomic mass is 10.0. The van der Waals surface area contributed by atoms with Crippen molar-refractivity contribution < 1.29 is 9.47 Å². The van der Waals surface area contributed by atoms with Crippen LogP contribution >= 0.6 is 0 Å². The molecule has 0 saturated carbocycles. The smallest absolute Gasteiger partial charge is 0.182 e. The van der Waals surface area contributed by atoms with Crippen molar-refractivity contribution in [2.75, 3.05) is 19.0 Å². The quantitative estimate of drug-likeness (QED) is 0.766. The molecule has 2 N–H and O–H groups in total. The first kappa shape index (κ1) is 12.9. The fourth-order valence-corrected chi connectivity index (χ4v) is 2.72. The molecule has 112 valence electrons. The Morgan fingerprint density at radius 2 is 2.27 bits per heavy atom. The highest BCUT2D eigenvalue weighted by atomic mass is 16.5. The molecule has 3 heterocycles. The highest BCUT2D eigenvalue weighted by Crippen LogP contribution is 2.35. The summed E-state index contributed by atoms with van der Waals surface area (Å²) in [5.74, 6) is 2.34. The second-order valence-electron chi connectivity index (χ2n) is 5.13. The van der Waals surface area contributed by atoms with E-state index in [-0.39, 0.29) is 6.04 Å². The van der Waals surface area contributed by atoms with Crippen LogP contribution in [0.3, 0.4) is 0 Å². The fourth-order valence-electron chi connectivity index (χ4n) is 2.72. The number of H-pyrrole nitrogens is 1. The number of para-hydroxylation sites is 1. The minimum atomic E-state index is 0.126. The zero-order chi connectivity index (χ0) is 14.9. The number of ether oxygens (including phenoxy) is 2. The van der Waals surface area contributed by atoms with Crippen LogP contribution in [0.5, 0.6) is 11.5 Å². The number of imidazole rings is 1. The van der Waals surface area contributed by atoms with Crippen molar-refractivity contribution in [3.63, 3.8) is 0 Å². The third-order valence-electron chi connectivity index (χ3n) is 3.74. The summed E-state index contributed by atoms with van der Waals surface area (Å²) in [5, 5.41) is 3.40. The van der Waals surface area contributed by atoms with Gasteiger partial charge in [0.2, 0.25) is 0 Å². The van der Waals surface area contributed by atoms with Crippen molar-refractivity contribution in [2.45, 2.75) is 12.5 Å². The van der Waals surface area contributed by atoms with Gasteiger partial charge in [0.25, 0.3) is 0 Å². The lowest BCUT2D eigenvalue weighted by Crippen LogP contribution is -2.33. The van der Waals surface area contributed by atoms with E-state index in [2.05, 4.69) is 31.3 Å². The van der Waals surface area contributed by atoms with E-state index < -0.39 is 0 Å². The molecule has 0 saturated heterocycles. The molecule has 22 heavy (non-hydrogen) atoms. The van der Waals surface area contributed by atoms with Crippen molar-refractivity contribution in [1.82, 2.24) is 19.9 Å². The number of rotatable bonds is 3. The average molecular weight is 297 g/mol. The van der Waals surface area contributed by atoms with E-state index in [1.807, 2.05) is 12.1 Å². The second kappa shape index (κ2) is 5.18. The van der Waals surface area contributed by atoms with Crippen molar-refractivity contribution in [1.29, 1.82) is 0 Å². The summed E-state index contributed by atoms with van der Waals surface area (Å²) >= 11 is 0. The fraction of sp³-hybridized carbons (Fsp3) is 0.267. The molecular weight excluding hydrogens is 282 g/mol. The van der Waals surface area contributed by atoms with Crippen LogP contribution in [-0.4, -0.2) is 39.7 Å². The van der Waals surface area contributed by atoms with Crippen LogP contribution in [0, 0.1) is 0 Å². The molecule has 1 unspecified atom stereocenters. The number of aromatic nitrogens is 4. The van der Waals surface area contributed by atoms with Crippen LogP contribution in [0.4, 0.5) is 5.82 Å². The number of anilines is 1. The first-order valence-electron chi connectivity index (χ1n) is 7.04. The molecule has 0 bridgehead atoms. The maximum atomic E-state index is 5.87. The van der Waals surface area contributed by atoms with Crippen LogP contribution in [0.25, 0.3) is 11.2 Å². The van der Waals surface area contributed by atoms with E-state index in [0.29, 0.717) is 12.3 Å². The molecule has 2 aromatic heterocycles. The van der Waals surface area contributed by atoms with Crippen LogP contribution in [-0.2, 0) is 6.42 Å². The van der Waals surface area contributed by atoms with Crippen LogP contribution < -0.4 is 14.8 Å². The van der Waals surface area contributed by atoms with Crippen molar-refractivity contribution in [3.8, 4) is 11.5 Å². The van der Waals surface area contributed by atoms with Gasteiger partial charge in [-0.25, -0.2) is 15.0 Å². The molecule has 3 aromatic rings. The summed E-state index contributed by atoms with van der Waals surface area (Å²) in [6, 6.07) is 6.06. The lowest BCUT2D eigenvalue weighted by Gasteiger charge is -2.27. The third kappa shape index (κ3) is 2.11. The summed E-state index contributed by atoms with van der Waals surface area (Å²) in [7, 11) is 1.65. The zero-order valence-corrected chi connectivity index (χ0v) is 12.0. The number of aromatic amines is 1. The molecule has 7 heteroatoms.